The lowest BCUT2D eigenvalue weighted by atomic mass is 10.1. The number of rotatable bonds is 4. The molecule has 7 nitrogen and oxygen atoms in total. The molecule has 2 rings (SSSR count). The van der Waals surface area contributed by atoms with Crippen LogP contribution in [0.25, 0.3) is 10.9 Å². The number of hydrogen-bond donors (Lipinski definition) is 2. The lowest BCUT2D eigenvalue weighted by Gasteiger charge is -2.21. The van der Waals surface area contributed by atoms with E-state index in [0.717, 1.165) is 10.9 Å². The summed E-state index contributed by atoms with van der Waals surface area (Å²) in [6.45, 7) is 9.50. The predicted octanol–water partition coefficient (Wildman–Crippen LogP) is 2.83. The summed E-state index contributed by atoms with van der Waals surface area (Å²) in [7, 11) is 0. The Kier molecular flexibility index (Phi) is 5.69. The third-order valence-electron chi connectivity index (χ3n) is 3.73. The fourth-order valence-electron chi connectivity index (χ4n) is 2.53. The van der Waals surface area contributed by atoms with Gasteiger partial charge in [-0.1, -0.05) is 18.2 Å². The largest absolute Gasteiger partial charge is 0.449 e. The number of urea groups is 1. The summed E-state index contributed by atoms with van der Waals surface area (Å²) in [5, 5.41) is 5.55. The number of fused-ring (bicyclic) bond motifs is 1. The molecule has 0 unspecified atom stereocenters. The van der Waals surface area contributed by atoms with Crippen LogP contribution < -0.4 is 10.6 Å². The van der Waals surface area contributed by atoms with E-state index < -0.39 is 29.6 Å². The normalized spacial score (nSPS) is 12.5. The number of aromatic nitrogens is 1. The summed E-state index contributed by atoms with van der Waals surface area (Å²) < 4.78 is 7.19. The molecule has 2 N–H and O–H groups in total. The van der Waals surface area contributed by atoms with Gasteiger partial charge in [0.05, 0.1) is 5.56 Å². The molecule has 0 saturated heterocycles. The first-order valence-corrected chi connectivity index (χ1v) is 8.54. The van der Waals surface area contributed by atoms with Crippen molar-refractivity contribution in [3.8, 4) is 0 Å². The Bertz CT molecular complexity index is 833. The lowest BCUT2D eigenvalue weighted by molar-refractivity contribution is -0.127. The lowest BCUT2D eigenvalue weighted by Crippen LogP contribution is -2.50. The molecule has 26 heavy (non-hydrogen) atoms. The molecule has 1 atom stereocenters. The number of nitrogens with one attached hydrogen (secondary N) is 2. The van der Waals surface area contributed by atoms with Crippen molar-refractivity contribution in [2.75, 3.05) is 0 Å². The molecular weight excluding hydrogens is 334 g/mol. The van der Waals surface area contributed by atoms with Crippen LogP contribution in [-0.4, -0.2) is 34.1 Å². The van der Waals surface area contributed by atoms with E-state index in [2.05, 4.69) is 10.6 Å². The molecule has 140 valence electrons. The van der Waals surface area contributed by atoms with Gasteiger partial charge in [0.1, 0.15) is 0 Å². The van der Waals surface area contributed by atoms with E-state index in [1.165, 1.54) is 6.92 Å². The molecule has 0 spiro atoms. The summed E-state index contributed by atoms with van der Waals surface area (Å²) >= 11 is 0. The van der Waals surface area contributed by atoms with Crippen LogP contribution in [-0.2, 0) is 16.1 Å². The van der Waals surface area contributed by atoms with Gasteiger partial charge in [0.15, 0.2) is 6.10 Å². The van der Waals surface area contributed by atoms with Gasteiger partial charge in [0.2, 0.25) is 0 Å². The van der Waals surface area contributed by atoms with E-state index in [1.807, 2.05) is 35.8 Å². The average molecular weight is 359 g/mol. The maximum Gasteiger partial charge on any atom is 0.341 e. The summed E-state index contributed by atoms with van der Waals surface area (Å²) in [5.41, 5.74) is 0.830. The Morgan fingerprint density at radius 2 is 1.85 bits per heavy atom. The molecule has 1 heterocycles. The second kappa shape index (κ2) is 7.59. The monoisotopic (exact) mass is 359 g/mol. The van der Waals surface area contributed by atoms with E-state index in [0.29, 0.717) is 12.1 Å². The molecule has 0 aliphatic carbocycles. The molecule has 2 aromatic rings. The fourth-order valence-corrected chi connectivity index (χ4v) is 2.53. The van der Waals surface area contributed by atoms with E-state index in [-0.39, 0.29) is 0 Å². The van der Waals surface area contributed by atoms with Crippen LogP contribution in [0, 0.1) is 0 Å². The van der Waals surface area contributed by atoms with E-state index in [1.54, 1.807) is 27.0 Å². The van der Waals surface area contributed by atoms with Gasteiger partial charge in [-0.3, -0.25) is 10.1 Å². The van der Waals surface area contributed by atoms with Crippen LogP contribution in [0.1, 0.15) is 45.0 Å². The van der Waals surface area contributed by atoms with Gasteiger partial charge in [-0.15, -0.1) is 0 Å². The number of hydrogen-bond acceptors (Lipinski definition) is 4. The van der Waals surface area contributed by atoms with Crippen LogP contribution in [0.2, 0.25) is 0 Å². The van der Waals surface area contributed by atoms with E-state index in [4.69, 9.17) is 4.74 Å². The van der Waals surface area contributed by atoms with Gasteiger partial charge in [0.25, 0.3) is 5.91 Å². The molecule has 0 aliphatic rings. The number of imide groups is 1. The van der Waals surface area contributed by atoms with Crippen LogP contribution in [0.15, 0.2) is 30.5 Å². The third kappa shape index (κ3) is 4.62. The number of carbonyl (C=O) groups is 3. The van der Waals surface area contributed by atoms with E-state index >= 15 is 0 Å². The molecule has 1 aromatic carbocycles. The molecule has 0 radical (unpaired) electrons. The molecule has 0 bridgehead atoms. The number of ether oxygens (including phenoxy) is 1. The van der Waals surface area contributed by atoms with Gasteiger partial charge >= 0.3 is 12.0 Å². The second-order valence-corrected chi connectivity index (χ2v) is 7.09. The Balaban J connectivity index is 2.08. The Hall–Kier alpha value is -2.83. The Labute approximate surface area is 152 Å². The number of benzene rings is 1. The summed E-state index contributed by atoms with van der Waals surface area (Å²) in [6, 6.07) is 6.86. The van der Waals surface area contributed by atoms with Crippen LogP contribution >= 0.6 is 0 Å². The first-order valence-electron chi connectivity index (χ1n) is 8.54. The smallest absolute Gasteiger partial charge is 0.341 e. The number of carbonyl (C=O) groups excluding carboxylic acids is 3. The van der Waals surface area contributed by atoms with Crippen molar-refractivity contribution in [3.63, 3.8) is 0 Å². The first-order chi connectivity index (χ1) is 12.1. The highest BCUT2D eigenvalue weighted by Gasteiger charge is 2.24. The van der Waals surface area contributed by atoms with Crippen LogP contribution in [0.3, 0.4) is 0 Å². The molecular formula is C19H25N3O4. The fraction of sp³-hybridized carbons (Fsp3) is 0.421. The zero-order valence-corrected chi connectivity index (χ0v) is 15.8. The molecule has 1 aromatic heterocycles. The Morgan fingerprint density at radius 3 is 2.46 bits per heavy atom. The number of aryl methyl sites for hydroxylation is 1. The highest BCUT2D eigenvalue weighted by Crippen LogP contribution is 2.22. The molecule has 0 fully saturated rings. The molecule has 3 amide bonds. The standard InChI is InChI=1S/C19H25N3O4/c1-6-22-11-14(13-9-7-8-10-15(13)22)17(24)26-12(2)16(23)20-18(25)21-19(3,4)5/h7-12H,6H2,1-5H3,(H2,20,21,23,25)/t12-/m0/s1. The van der Waals surface area contributed by atoms with Crippen molar-refractivity contribution in [1.29, 1.82) is 0 Å². The van der Waals surface area contributed by atoms with Crippen molar-refractivity contribution >= 4 is 28.8 Å². The van der Waals surface area contributed by atoms with Crippen LogP contribution in [0.5, 0.6) is 0 Å². The van der Waals surface area contributed by atoms with Crippen molar-refractivity contribution in [3.05, 3.63) is 36.0 Å². The van der Waals surface area contributed by atoms with Gasteiger partial charge in [-0.05, 0) is 40.7 Å². The number of para-hydroxylation sites is 1. The summed E-state index contributed by atoms with van der Waals surface area (Å²) in [4.78, 5) is 36.3. The van der Waals surface area contributed by atoms with E-state index in [9.17, 15) is 14.4 Å². The summed E-state index contributed by atoms with van der Waals surface area (Å²) in [5.74, 6) is -1.29. The maximum atomic E-state index is 12.5. The first kappa shape index (κ1) is 19.5. The second-order valence-electron chi connectivity index (χ2n) is 7.09. The van der Waals surface area contributed by atoms with Crippen molar-refractivity contribution in [2.45, 2.75) is 52.8 Å². The number of esters is 1. The predicted molar refractivity (Wildman–Crippen MR) is 98.9 cm³/mol. The van der Waals surface area contributed by atoms with Gasteiger partial charge in [-0.2, -0.15) is 0 Å². The van der Waals surface area contributed by atoms with Crippen LogP contribution in [0.4, 0.5) is 4.79 Å². The topological polar surface area (TPSA) is 89.4 Å². The zero-order chi connectivity index (χ0) is 19.5. The highest BCUT2D eigenvalue weighted by atomic mass is 16.5. The average Bonchev–Trinajstić information content (AvgIpc) is 2.91. The van der Waals surface area contributed by atoms with Gasteiger partial charge in [0, 0.05) is 29.2 Å². The van der Waals surface area contributed by atoms with Crippen molar-refractivity contribution < 1.29 is 19.1 Å². The minimum absolute atomic E-state index is 0.390. The highest BCUT2D eigenvalue weighted by molar-refractivity contribution is 6.05. The molecule has 0 aliphatic heterocycles. The molecule has 7 heteroatoms. The summed E-state index contributed by atoms with van der Waals surface area (Å²) in [6.07, 6.45) is 0.612. The zero-order valence-electron chi connectivity index (χ0n) is 15.8. The van der Waals surface area contributed by atoms with Crippen molar-refractivity contribution in [1.82, 2.24) is 15.2 Å². The quantitative estimate of drug-likeness (QED) is 0.822. The number of amides is 3. The maximum absolute atomic E-state index is 12.5. The van der Waals surface area contributed by atoms with Crippen molar-refractivity contribution in [2.24, 2.45) is 0 Å². The SMILES string of the molecule is CCn1cc(C(=O)O[C@@H](C)C(=O)NC(=O)NC(C)(C)C)c2ccccc21. The van der Waals surface area contributed by atoms with Gasteiger partial charge in [-0.25, -0.2) is 9.59 Å². The molecule has 0 saturated carbocycles. The Morgan fingerprint density at radius 1 is 1.19 bits per heavy atom. The third-order valence-corrected chi connectivity index (χ3v) is 3.73. The van der Waals surface area contributed by atoms with Gasteiger partial charge < -0.3 is 14.6 Å². The minimum atomic E-state index is -1.10. The number of nitrogens with zero attached hydrogens (tertiary/aromatic N) is 1. The minimum Gasteiger partial charge on any atom is -0.449 e.